The Kier molecular flexibility index (Phi) is 1.93. The normalized spacial score (nSPS) is 40.4. The average Bonchev–Trinajstić information content (AvgIpc) is 2.83. The summed E-state index contributed by atoms with van der Waals surface area (Å²) in [6.45, 7) is 0.845. The van der Waals surface area contributed by atoms with Gasteiger partial charge in [-0.2, -0.15) is 0 Å². The van der Waals surface area contributed by atoms with Crippen LogP contribution in [-0.2, 0) is 4.74 Å². The zero-order valence-corrected chi connectivity index (χ0v) is 8.41. The molecule has 1 aliphatic carbocycles. The van der Waals surface area contributed by atoms with E-state index in [0.717, 1.165) is 18.2 Å². The maximum Gasteiger partial charge on any atom is 0.205 e. The van der Waals surface area contributed by atoms with Gasteiger partial charge in [-0.3, -0.25) is 0 Å². The minimum absolute atomic E-state index is 0.200. The van der Waals surface area contributed by atoms with Crippen LogP contribution in [0.1, 0.15) is 6.42 Å². The highest BCUT2D eigenvalue weighted by Gasteiger charge is 2.52. The van der Waals surface area contributed by atoms with Crippen LogP contribution in [0.4, 0.5) is 5.13 Å². The summed E-state index contributed by atoms with van der Waals surface area (Å²) in [5.41, 5.74) is 7.75. The second kappa shape index (κ2) is 3.15. The highest BCUT2D eigenvalue weighted by atomic mass is 32.1. The van der Waals surface area contributed by atoms with Gasteiger partial charge in [0.1, 0.15) is 5.51 Å². The molecule has 1 saturated carbocycles. The third kappa shape index (κ3) is 1.14. The third-order valence-electron chi connectivity index (χ3n) is 3.10. The summed E-state index contributed by atoms with van der Waals surface area (Å²) in [5, 5.41) is 11.8. The van der Waals surface area contributed by atoms with Crippen LogP contribution < -0.4 is 11.1 Å². The minimum atomic E-state index is 0.200. The number of hydrogen-bond acceptors (Lipinski definition) is 6. The van der Waals surface area contributed by atoms with Crippen molar-refractivity contribution in [3.05, 3.63) is 5.51 Å². The largest absolute Gasteiger partial charge is 0.376 e. The first-order valence-corrected chi connectivity index (χ1v) is 5.64. The van der Waals surface area contributed by atoms with Gasteiger partial charge < -0.3 is 15.8 Å². The fraction of sp³-hybridized carbons (Fsp3) is 0.750. The van der Waals surface area contributed by atoms with E-state index in [1.54, 1.807) is 5.51 Å². The molecule has 3 rings (SSSR count). The molecule has 4 atom stereocenters. The van der Waals surface area contributed by atoms with Crippen molar-refractivity contribution in [2.24, 2.45) is 11.7 Å². The van der Waals surface area contributed by atoms with Crippen LogP contribution in [0.5, 0.6) is 0 Å². The fourth-order valence-corrected chi connectivity index (χ4v) is 2.80. The smallest absolute Gasteiger partial charge is 0.205 e. The summed E-state index contributed by atoms with van der Waals surface area (Å²) in [6.07, 6.45) is 1.38. The van der Waals surface area contributed by atoms with Gasteiger partial charge in [0.2, 0.25) is 5.13 Å². The van der Waals surface area contributed by atoms with E-state index in [1.165, 1.54) is 11.3 Å². The van der Waals surface area contributed by atoms with Crippen molar-refractivity contribution in [1.82, 2.24) is 10.2 Å². The first kappa shape index (κ1) is 8.58. The summed E-state index contributed by atoms with van der Waals surface area (Å²) < 4.78 is 5.60. The number of ether oxygens (including phenoxy) is 1. The number of nitrogens with one attached hydrogen (secondary N) is 1. The first-order chi connectivity index (χ1) is 6.86. The molecule has 6 heteroatoms. The molecule has 0 bridgehead atoms. The highest BCUT2D eigenvalue weighted by Crippen LogP contribution is 2.39. The van der Waals surface area contributed by atoms with Gasteiger partial charge in [0.25, 0.3) is 0 Å². The molecule has 4 unspecified atom stereocenters. The first-order valence-electron chi connectivity index (χ1n) is 4.76. The molecule has 1 aromatic rings. The van der Waals surface area contributed by atoms with Crippen molar-refractivity contribution >= 4 is 16.5 Å². The van der Waals surface area contributed by atoms with Crippen molar-refractivity contribution < 1.29 is 4.74 Å². The fourth-order valence-electron chi connectivity index (χ4n) is 2.31. The SMILES string of the molecule is NC1C2CCOC2C1Nc1nncs1. The lowest BCUT2D eigenvalue weighted by molar-refractivity contribution is 0.00535. The Morgan fingerprint density at radius 3 is 3.36 bits per heavy atom. The minimum Gasteiger partial charge on any atom is -0.376 e. The molecule has 1 aliphatic heterocycles. The molecule has 1 saturated heterocycles. The Bertz CT molecular complexity index is 317. The standard InChI is InChI=1S/C8H12N4OS/c9-5-4-1-2-13-7(4)6(5)11-8-12-10-3-14-8/h3-7H,1-2,9H2,(H,11,12). The number of nitrogens with two attached hydrogens (primary N) is 1. The van der Waals surface area contributed by atoms with Gasteiger partial charge in [0, 0.05) is 18.6 Å². The summed E-state index contributed by atoms with van der Waals surface area (Å²) in [5.74, 6) is 0.542. The van der Waals surface area contributed by atoms with Gasteiger partial charge in [-0.05, 0) is 6.42 Å². The molecule has 2 fully saturated rings. The third-order valence-corrected chi connectivity index (χ3v) is 3.72. The second-order valence-electron chi connectivity index (χ2n) is 3.78. The van der Waals surface area contributed by atoms with Gasteiger partial charge in [-0.1, -0.05) is 11.3 Å². The quantitative estimate of drug-likeness (QED) is 0.725. The Labute approximate surface area is 85.7 Å². The average molecular weight is 212 g/mol. The monoisotopic (exact) mass is 212 g/mol. The molecular weight excluding hydrogens is 200 g/mol. The number of fused-ring (bicyclic) bond motifs is 1. The Balaban J connectivity index is 1.69. The van der Waals surface area contributed by atoms with Crippen LogP contribution in [-0.4, -0.2) is 35.0 Å². The van der Waals surface area contributed by atoms with Gasteiger partial charge in [-0.25, -0.2) is 0 Å². The van der Waals surface area contributed by atoms with E-state index in [4.69, 9.17) is 10.5 Å². The highest BCUT2D eigenvalue weighted by molar-refractivity contribution is 7.13. The lowest BCUT2D eigenvalue weighted by atomic mass is 9.72. The van der Waals surface area contributed by atoms with E-state index < -0.39 is 0 Å². The molecule has 0 aromatic carbocycles. The molecule has 5 nitrogen and oxygen atoms in total. The molecule has 14 heavy (non-hydrogen) atoms. The topological polar surface area (TPSA) is 73.1 Å². The molecule has 2 heterocycles. The summed E-state index contributed by atoms with van der Waals surface area (Å²) in [7, 11) is 0. The van der Waals surface area contributed by atoms with Crippen molar-refractivity contribution in [2.45, 2.75) is 24.6 Å². The lowest BCUT2D eigenvalue weighted by Crippen LogP contribution is -2.65. The molecule has 0 amide bonds. The number of hydrogen-bond donors (Lipinski definition) is 2. The van der Waals surface area contributed by atoms with Crippen LogP contribution in [0.2, 0.25) is 0 Å². The summed E-state index contributed by atoms with van der Waals surface area (Å²) in [4.78, 5) is 0. The predicted molar refractivity (Wildman–Crippen MR) is 53.1 cm³/mol. The van der Waals surface area contributed by atoms with E-state index in [2.05, 4.69) is 15.5 Å². The van der Waals surface area contributed by atoms with Gasteiger partial charge >= 0.3 is 0 Å². The molecule has 2 aliphatic rings. The zero-order valence-electron chi connectivity index (χ0n) is 7.59. The number of rotatable bonds is 2. The number of anilines is 1. The predicted octanol–water partition coefficient (Wildman–Crippen LogP) is 0.0646. The number of nitrogens with zero attached hydrogens (tertiary/aromatic N) is 2. The zero-order chi connectivity index (χ0) is 9.54. The molecular formula is C8H12N4OS. The maximum atomic E-state index is 6.04. The lowest BCUT2D eigenvalue weighted by Gasteiger charge is -2.45. The maximum absolute atomic E-state index is 6.04. The molecule has 3 N–H and O–H groups in total. The van der Waals surface area contributed by atoms with E-state index >= 15 is 0 Å². The van der Waals surface area contributed by atoms with Crippen LogP contribution in [0.25, 0.3) is 0 Å². The van der Waals surface area contributed by atoms with E-state index in [0.29, 0.717) is 5.92 Å². The van der Waals surface area contributed by atoms with Crippen molar-refractivity contribution in [2.75, 3.05) is 11.9 Å². The second-order valence-corrected chi connectivity index (χ2v) is 4.61. The van der Waals surface area contributed by atoms with Crippen LogP contribution in [0.3, 0.4) is 0 Å². The van der Waals surface area contributed by atoms with E-state index in [-0.39, 0.29) is 18.2 Å². The van der Waals surface area contributed by atoms with E-state index in [1.807, 2.05) is 0 Å². The van der Waals surface area contributed by atoms with E-state index in [9.17, 15) is 0 Å². The summed E-state index contributed by atoms with van der Waals surface area (Å²) in [6, 6.07) is 0.418. The Hall–Kier alpha value is -0.720. The van der Waals surface area contributed by atoms with Crippen molar-refractivity contribution in [1.29, 1.82) is 0 Å². The van der Waals surface area contributed by atoms with Crippen LogP contribution >= 0.6 is 11.3 Å². The number of aromatic nitrogens is 2. The summed E-state index contributed by atoms with van der Waals surface area (Å²) >= 11 is 1.49. The molecule has 0 radical (unpaired) electrons. The Morgan fingerprint density at radius 1 is 1.64 bits per heavy atom. The van der Waals surface area contributed by atoms with Crippen LogP contribution in [0, 0.1) is 5.92 Å². The van der Waals surface area contributed by atoms with Crippen molar-refractivity contribution in [3.63, 3.8) is 0 Å². The van der Waals surface area contributed by atoms with Gasteiger partial charge in [-0.15, -0.1) is 10.2 Å². The Morgan fingerprint density at radius 2 is 2.57 bits per heavy atom. The van der Waals surface area contributed by atoms with Gasteiger partial charge in [0.05, 0.1) is 12.1 Å². The molecule has 76 valence electrons. The van der Waals surface area contributed by atoms with Crippen molar-refractivity contribution in [3.8, 4) is 0 Å². The van der Waals surface area contributed by atoms with Gasteiger partial charge in [0.15, 0.2) is 0 Å². The molecule has 1 aromatic heterocycles. The molecule has 0 spiro atoms. The van der Waals surface area contributed by atoms with Crippen LogP contribution in [0.15, 0.2) is 5.51 Å².